The van der Waals surface area contributed by atoms with Gasteiger partial charge in [-0.05, 0) is 17.5 Å². The Bertz CT molecular complexity index is 1070. The zero-order chi connectivity index (χ0) is 19.7. The van der Waals surface area contributed by atoms with E-state index in [1.54, 1.807) is 13.1 Å². The molecule has 0 spiro atoms. The lowest BCUT2D eigenvalue weighted by atomic mass is 10.3. The van der Waals surface area contributed by atoms with Crippen molar-refractivity contribution in [2.24, 2.45) is 0 Å². The topological polar surface area (TPSA) is 17.8 Å². The van der Waals surface area contributed by atoms with E-state index < -0.39 is 25.4 Å². The second kappa shape index (κ2) is 7.61. The standard InChI is InChI=1S/C22H16F3N2P/c1-15-14-27(21-13-19(24)18(23)12-20(21)25)22(26-15)28(16-8-4-2-5-9-16)17-10-6-3-7-11-17/h2-14H,1H3. The number of halogens is 3. The van der Waals surface area contributed by atoms with Crippen molar-refractivity contribution in [1.82, 2.24) is 9.55 Å². The molecule has 0 aliphatic rings. The molecule has 0 fully saturated rings. The number of hydrogen-bond acceptors (Lipinski definition) is 1. The van der Waals surface area contributed by atoms with E-state index in [1.165, 1.54) is 4.57 Å². The third-order valence-electron chi connectivity index (χ3n) is 4.29. The maximum absolute atomic E-state index is 14.5. The summed E-state index contributed by atoms with van der Waals surface area (Å²) in [5.74, 6) is -3.15. The molecule has 0 aliphatic carbocycles. The lowest BCUT2D eigenvalue weighted by Gasteiger charge is -2.20. The first-order valence-electron chi connectivity index (χ1n) is 8.66. The van der Waals surface area contributed by atoms with Crippen LogP contribution in [0.15, 0.2) is 79.0 Å². The van der Waals surface area contributed by atoms with Gasteiger partial charge in [-0.1, -0.05) is 60.7 Å². The van der Waals surface area contributed by atoms with Crippen LogP contribution >= 0.6 is 7.92 Å². The third-order valence-corrected chi connectivity index (χ3v) is 6.63. The molecule has 0 bridgehead atoms. The number of aryl methyl sites for hydroxylation is 1. The van der Waals surface area contributed by atoms with Crippen molar-refractivity contribution in [3.05, 3.63) is 102 Å². The van der Waals surface area contributed by atoms with Crippen LogP contribution in [0.5, 0.6) is 0 Å². The van der Waals surface area contributed by atoms with Crippen LogP contribution in [0.1, 0.15) is 5.69 Å². The number of nitrogens with zero attached hydrogens (tertiary/aromatic N) is 2. The molecule has 0 saturated heterocycles. The Labute approximate surface area is 162 Å². The molecule has 0 N–H and O–H groups in total. The predicted molar refractivity (Wildman–Crippen MR) is 107 cm³/mol. The minimum Gasteiger partial charge on any atom is -0.296 e. The monoisotopic (exact) mass is 396 g/mol. The van der Waals surface area contributed by atoms with Gasteiger partial charge in [0.15, 0.2) is 11.6 Å². The smallest absolute Gasteiger partial charge is 0.161 e. The number of hydrogen-bond donors (Lipinski definition) is 0. The van der Waals surface area contributed by atoms with Gasteiger partial charge in [0.2, 0.25) is 0 Å². The van der Waals surface area contributed by atoms with Gasteiger partial charge in [-0.2, -0.15) is 0 Å². The van der Waals surface area contributed by atoms with Crippen molar-refractivity contribution in [2.45, 2.75) is 6.92 Å². The minimum absolute atomic E-state index is 0.0612. The highest BCUT2D eigenvalue weighted by Gasteiger charge is 2.24. The Kier molecular flexibility index (Phi) is 5.01. The number of benzene rings is 3. The van der Waals surface area contributed by atoms with Crippen LogP contribution in [-0.4, -0.2) is 9.55 Å². The molecule has 2 nitrogen and oxygen atoms in total. The van der Waals surface area contributed by atoms with Crippen molar-refractivity contribution >= 4 is 24.1 Å². The number of imidazole rings is 1. The summed E-state index contributed by atoms with van der Waals surface area (Å²) in [6.07, 6.45) is 1.65. The Morgan fingerprint density at radius 1 is 0.750 bits per heavy atom. The maximum Gasteiger partial charge on any atom is 0.161 e. The fourth-order valence-corrected chi connectivity index (χ4v) is 5.39. The third kappa shape index (κ3) is 3.46. The molecule has 0 saturated carbocycles. The minimum atomic E-state index is -1.21. The van der Waals surface area contributed by atoms with Gasteiger partial charge in [-0.25, -0.2) is 18.2 Å². The predicted octanol–water partition coefficient (Wildman–Crippen LogP) is 4.36. The van der Waals surface area contributed by atoms with Crippen LogP contribution < -0.4 is 16.2 Å². The molecular formula is C22H16F3N2P. The van der Waals surface area contributed by atoms with E-state index in [9.17, 15) is 13.2 Å². The van der Waals surface area contributed by atoms with E-state index in [0.717, 1.165) is 16.7 Å². The Balaban J connectivity index is 1.96. The van der Waals surface area contributed by atoms with Crippen molar-refractivity contribution in [3.8, 4) is 5.69 Å². The molecule has 6 heteroatoms. The van der Waals surface area contributed by atoms with E-state index in [1.807, 2.05) is 60.7 Å². The Morgan fingerprint density at radius 3 is 1.86 bits per heavy atom. The maximum atomic E-state index is 14.5. The van der Waals surface area contributed by atoms with Crippen molar-refractivity contribution in [1.29, 1.82) is 0 Å². The molecule has 0 radical (unpaired) electrons. The molecule has 1 heterocycles. The molecule has 4 aromatic rings. The second-order valence-corrected chi connectivity index (χ2v) is 8.38. The van der Waals surface area contributed by atoms with Crippen LogP contribution in [-0.2, 0) is 0 Å². The Hall–Kier alpha value is -2.91. The van der Waals surface area contributed by atoms with Crippen LogP contribution in [0.4, 0.5) is 13.2 Å². The number of aromatic nitrogens is 2. The van der Waals surface area contributed by atoms with Gasteiger partial charge in [0.1, 0.15) is 11.4 Å². The summed E-state index contributed by atoms with van der Waals surface area (Å²) in [5.41, 5.74) is 1.20. The van der Waals surface area contributed by atoms with Crippen LogP contribution in [0.25, 0.3) is 5.69 Å². The summed E-state index contributed by atoms with van der Waals surface area (Å²) in [6, 6.07) is 21.0. The first-order chi connectivity index (χ1) is 13.5. The summed E-state index contributed by atoms with van der Waals surface area (Å²) in [5, 5.41) is 2.05. The molecule has 1 aromatic heterocycles. The summed E-state index contributed by atoms with van der Waals surface area (Å²) in [4.78, 5) is 4.64. The van der Waals surface area contributed by atoms with Gasteiger partial charge in [0.25, 0.3) is 0 Å². The van der Waals surface area contributed by atoms with Crippen molar-refractivity contribution in [3.63, 3.8) is 0 Å². The van der Waals surface area contributed by atoms with E-state index in [2.05, 4.69) is 4.98 Å². The summed E-state index contributed by atoms with van der Waals surface area (Å²) in [7, 11) is -1.13. The van der Waals surface area contributed by atoms with Gasteiger partial charge in [0, 0.05) is 26.3 Å². The van der Waals surface area contributed by atoms with Gasteiger partial charge in [0.05, 0.1) is 11.4 Å². The highest BCUT2D eigenvalue weighted by molar-refractivity contribution is 7.79. The molecule has 0 amide bonds. The van der Waals surface area contributed by atoms with Gasteiger partial charge in [-0.3, -0.25) is 4.57 Å². The molecule has 0 atom stereocenters. The lowest BCUT2D eigenvalue weighted by molar-refractivity contribution is 0.493. The highest BCUT2D eigenvalue weighted by atomic mass is 31.1. The van der Waals surface area contributed by atoms with Gasteiger partial charge < -0.3 is 0 Å². The van der Waals surface area contributed by atoms with Crippen LogP contribution in [0, 0.1) is 24.4 Å². The van der Waals surface area contributed by atoms with E-state index in [0.29, 0.717) is 17.3 Å². The zero-order valence-electron chi connectivity index (χ0n) is 15.0. The summed E-state index contributed by atoms with van der Waals surface area (Å²) < 4.78 is 43.3. The SMILES string of the molecule is Cc1cn(-c2cc(F)c(F)cc2F)c(P(c2ccccc2)c2ccccc2)n1. The van der Waals surface area contributed by atoms with Gasteiger partial charge >= 0.3 is 0 Å². The van der Waals surface area contributed by atoms with Crippen molar-refractivity contribution in [2.75, 3.05) is 0 Å². The molecule has 0 aliphatic heterocycles. The lowest BCUT2D eigenvalue weighted by Crippen LogP contribution is -2.27. The zero-order valence-corrected chi connectivity index (χ0v) is 15.9. The average molecular weight is 396 g/mol. The Morgan fingerprint density at radius 2 is 1.29 bits per heavy atom. The largest absolute Gasteiger partial charge is 0.296 e. The molecular weight excluding hydrogens is 380 g/mol. The first-order valence-corrected chi connectivity index (χ1v) is 10.00. The average Bonchev–Trinajstić information content (AvgIpc) is 3.07. The summed E-state index contributed by atoms with van der Waals surface area (Å²) in [6.45, 7) is 1.79. The fourth-order valence-electron chi connectivity index (χ4n) is 3.05. The summed E-state index contributed by atoms with van der Waals surface area (Å²) >= 11 is 0. The molecule has 28 heavy (non-hydrogen) atoms. The van der Waals surface area contributed by atoms with E-state index in [-0.39, 0.29) is 5.69 Å². The van der Waals surface area contributed by atoms with E-state index >= 15 is 0 Å². The molecule has 0 unspecified atom stereocenters. The van der Waals surface area contributed by atoms with E-state index in [4.69, 9.17) is 0 Å². The molecule has 140 valence electrons. The highest BCUT2D eigenvalue weighted by Crippen LogP contribution is 2.33. The number of rotatable bonds is 4. The van der Waals surface area contributed by atoms with Gasteiger partial charge in [-0.15, -0.1) is 0 Å². The van der Waals surface area contributed by atoms with Crippen LogP contribution in [0.3, 0.4) is 0 Å². The first kappa shape index (κ1) is 18.5. The molecule has 3 aromatic carbocycles. The quantitative estimate of drug-likeness (QED) is 0.370. The second-order valence-electron chi connectivity index (χ2n) is 6.28. The van der Waals surface area contributed by atoms with Crippen LogP contribution in [0.2, 0.25) is 0 Å². The van der Waals surface area contributed by atoms with Crippen molar-refractivity contribution < 1.29 is 13.2 Å². The fraction of sp³-hybridized carbons (Fsp3) is 0.0455. The molecule has 4 rings (SSSR count). The normalized spacial score (nSPS) is 11.2.